The molecule has 2 aromatic rings. The van der Waals surface area contributed by atoms with Crippen LogP contribution in [0.2, 0.25) is 0 Å². The lowest BCUT2D eigenvalue weighted by Gasteiger charge is -2.20. The highest BCUT2D eigenvalue weighted by molar-refractivity contribution is 5.98. The number of carbonyl (C=O) groups excluding carboxylic acids is 2. The van der Waals surface area contributed by atoms with Crippen LogP contribution in [0.4, 0.5) is 15.8 Å². The van der Waals surface area contributed by atoms with Crippen LogP contribution in [-0.4, -0.2) is 24.9 Å². The van der Waals surface area contributed by atoms with Gasteiger partial charge in [0.05, 0.1) is 17.9 Å². The van der Waals surface area contributed by atoms with Gasteiger partial charge < -0.3 is 15.5 Å². The molecule has 25 heavy (non-hydrogen) atoms. The molecular formula is C19H20FN3O2. The van der Waals surface area contributed by atoms with E-state index in [1.165, 1.54) is 6.07 Å². The maximum atomic E-state index is 13.5. The average molecular weight is 341 g/mol. The molecule has 0 spiro atoms. The molecule has 0 radical (unpaired) electrons. The molecule has 0 aliphatic carbocycles. The monoisotopic (exact) mass is 341 g/mol. The molecule has 2 N–H and O–H groups in total. The van der Waals surface area contributed by atoms with Gasteiger partial charge in [-0.3, -0.25) is 9.59 Å². The van der Waals surface area contributed by atoms with Crippen molar-refractivity contribution in [3.63, 3.8) is 0 Å². The Balaban J connectivity index is 1.57. The summed E-state index contributed by atoms with van der Waals surface area (Å²) < 4.78 is 13.5. The Morgan fingerprint density at radius 1 is 1.12 bits per heavy atom. The number of nitrogens with zero attached hydrogens (tertiary/aromatic N) is 1. The number of halogens is 1. The summed E-state index contributed by atoms with van der Waals surface area (Å²) >= 11 is 0. The Hall–Kier alpha value is -2.89. The van der Waals surface area contributed by atoms with Crippen LogP contribution in [0, 0.1) is 5.82 Å². The van der Waals surface area contributed by atoms with E-state index in [9.17, 15) is 14.0 Å². The first-order chi connectivity index (χ1) is 12.1. The Morgan fingerprint density at radius 3 is 2.64 bits per heavy atom. The number of amides is 2. The van der Waals surface area contributed by atoms with Crippen molar-refractivity contribution in [2.45, 2.75) is 19.4 Å². The fourth-order valence-electron chi connectivity index (χ4n) is 2.83. The highest BCUT2D eigenvalue weighted by Gasteiger charge is 2.23. The summed E-state index contributed by atoms with van der Waals surface area (Å²) in [7, 11) is 0. The number of hydrogen-bond donors (Lipinski definition) is 2. The van der Waals surface area contributed by atoms with Gasteiger partial charge in [0.15, 0.2) is 0 Å². The van der Waals surface area contributed by atoms with Crippen molar-refractivity contribution < 1.29 is 14.0 Å². The minimum Gasteiger partial charge on any atom is -0.374 e. The summed E-state index contributed by atoms with van der Waals surface area (Å²) in [4.78, 5) is 25.7. The van der Waals surface area contributed by atoms with Gasteiger partial charge in [0.25, 0.3) is 0 Å². The summed E-state index contributed by atoms with van der Waals surface area (Å²) in [6, 6.07) is 13.8. The molecule has 1 aliphatic rings. The minimum atomic E-state index is -0.339. The highest BCUT2D eigenvalue weighted by Crippen LogP contribution is 2.29. The predicted octanol–water partition coefficient (Wildman–Crippen LogP) is 2.68. The number of nitrogens with one attached hydrogen (secondary N) is 2. The quantitative estimate of drug-likeness (QED) is 0.849. The van der Waals surface area contributed by atoms with Crippen LogP contribution >= 0.6 is 0 Å². The van der Waals surface area contributed by atoms with E-state index in [2.05, 4.69) is 10.6 Å². The largest absolute Gasteiger partial charge is 0.374 e. The van der Waals surface area contributed by atoms with Crippen LogP contribution in [0.5, 0.6) is 0 Å². The second kappa shape index (κ2) is 7.79. The van der Waals surface area contributed by atoms with Crippen LogP contribution in [0.25, 0.3) is 0 Å². The van der Waals surface area contributed by atoms with Gasteiger partial charge >= 0.3 is 0 Å². The molecule has 0 saturated carbocycles. The first-order valence-electron chi connectivity index (χ1n) is 8.28. The molecule has 0 atom stereocenters. The summed E-state index contributed by atoms with van der Waals surface area (Å²) in [5.41, 5.74) is 1.96. The first kappa shape index (κ1) is 17.0. The molecule has 0 bridgehead atoms. The molecule has 5 nitrogen and oxygen atoms in total. The van der Waals surface area contributed by atoms with Crippen LogP contribution in [0.1, 0.15) is 18.4 Å². The lowest BCUT2D eigenvalue weighted by atomic mass is 10.2. The van der Waals surface area contributed by atoms with Gasteiger partial charge in [-0.15, -0.1) is 0 Å². The lowest BCUT2D eigenvalue weighted by molar-refractivity contribution is -0.119. The third-order valence-electron chi connectivity index (χ3n) is 4.14. The minimum absolute atomic E-state index is 0.0491. The fourth-order valence-corrected chi connectivity index (χ4v) is 2.83. The normalized spacial score (nSPS) is 13.8. The van der Waals surface area contributed by atoms with Crippen LogP contribution in [0.15, 0.2) is 48.5 Å². The van der Waals surface area contributed by atoms with Crippen molar-refractivity contribution in [2.24, 2.45) is 0 Å². The van der Waals surface area contributed by atoms with E-state index in [4.69, 9.17) is 0 Å². The standard InChI is InChI=1S/C19H20FN3O2/c20-15-7-2-1-6-14(15)12-22-18(24)13-21-16-8-3-4-9-17(16)23-11-5-10-19(23)25/h1-4,6-9,21H,5,10-13H2,(H,22,24). The third-order valence-corrected chi connectivity index (χ3v) is 4.14. The van der Waals surface area contributed by atoms with Crippen molar-refractivity contribution in [3.05, 3.63) is 59.9 Å². The lowest BCUT2D eigenvalue weighted by Crippen LogP contribution is -2.30. The molecule has 0 aromatic heterocycles. The fraction of sp³-hybridized carbons (Fsp3) is 0.263. The van der Waals surface area contributed by atoms with Crippen molar-refractivity contribution in [2.75, 3.05) is 23.3 Å². The predicted molar refractivity (Wildman–Crippen MR) is 94.8 cm³/mol. The molecule has 6 heteroatoms. The van der Waals surface area contributed by atoms with E-state index in [1.54, 1.807) is 23.1 Å². The Bertz CT molecular complexity index is 779. The summed E-state index contributed by atoms with van der Waals surface area (Å²) in [5, 5.41) is 5.75. The Kier molecular flexibility index (Phi) is 5.28. The molecule has 0 unspecified atom stereocenters. The molecule has 2 amide bonds. The van der Waals surface area contributed by atoms with Crippen molar-refractivity contribution >= 4 is 23.2 Å². The molecule has 2 aromatic carbocycles. The number of benzene rings is 2. The first-order valence-corrected chi connectivity index (χ1v) is 8.28. The van der Waals surface area contributed by atoms with Gasteiger partial charge in [0, 0.05) is 25.1 Å². The van der Waals surface area contributed by atoms with E-state index in [0.717, 1.165) is 17.8 Å². The zero-order chi connectivity index (χ0) is 17.6. The molecular weight excluding hydrogens is 321 g/mol. The second-order valence-electron chi connectivity index (χ2n) is 5.89. The SMILES string of the molecule is O=C(CNc1ccccc1N1CCCC1=O)NCc1ccccc1F. The van der Waals surface area contributed by atoms with Gasteiger partial charge in [-0.1, -0.05) is 30.3 Å². The van der Waals surface area contributed by atoms with Crippen LogP contribution in [0.3, 0.4) is 0 Å². The molecule has 1 aliphatic heterocycles. The van der Waals surface area contributed by atoms with Gasteiger partial charge in [0.1, 0.15) is 5.82 Å². The number of para-hydroxylation sites is 2. The van der Waals surface area contributed by atoms with Crippen LogP contribution in [-0.2, 0) is 16.1 Å². The summed E-state index contributed by atoms with van der Waals surface area (Å²) in [5.74, 6) is -0.488. The number of carbonyl (C=O) groups is 2. The zero-order valence-corrected chi connectivity index (χ0v) is 13.8. The number of rotatable bonds is 6. The maximum absolute atomic E-state index is 13.5. The van der Waals surface area contributed by atoms with Crippen molar-refractivity contribution in [1.82, 2.24) is 5.32 Å². The van der Waals surface area contributed by atoms with E-state index in [0.29, 0.717) is 18.5 Å². The highest BCUT2D eigenvalue weighted by atomic mass is 19.1. The Morgan fingerprint density at radius 2 is 1.88 bits per heavy atom. The molecule has 130 valence electrons. The maximum Gasteiger partial charge on any atom is 0.239 e. The van der Waals surface area contributed by atoms with Gasteiger partial charge in [0.2, 0.25) is 11.8 Å². The van der Waals surface area contributed by atoms with E-state index >= 15 is 0 Å². The van der Waals surface area contributed by atoms with E-state index < -0.39 is 0 Å². The smallest absolute Gasteiger partial charge is 0.239 e. The Labute approximate surface area is 145 Å². The zero-order valence-electron chi connectivity index (χ0n) is 13.8. The topological polar surface area (TPSA) is 61.4 Å². The molecule has 3 rings (SSSR count). The molecule has 1 heterocycles. The van der Waals surface area contributed by atoms with Gasteiger partial charge in [-0.2, -0.15) is 0 Å². The van der Waals surface area contributed by atoms with Gasteiger partial charge in [-0.25, -0.2) is 4.39 Å². The van der Waals surface area contributed by atoms with E-state index in [-0.39, 0.29) is 30.7 Å². The molecule has 1 fully saturated rings. The summed E-state index contributed by atoms with van der Waals surface area (Å²) in [6.07, 6.45) is 1.40. The van der Waals surface area contributed by atoms with Crippen LogP contribution < -0.4 is 15.5 Å². The molecule has 1 saturated heterocycles. The third kappa shape index (κ3) is 4.15. The average Bonchev–Trinajstić information content (AvgIpc) is 3.05. The number of anilines is 2. The second-order valence-corrected chi connectivity index (χ2v) is 5.89. The summed E-state index contributed by atoms with van der Waals surface area (Å²) in [6.45, 7) is 0.879. The number of hydrogen-bond acceptors (Lipinski definition) is 3. The van der Waals surface area contributed by atoms with Crippen molar-refractivity contribution in [3.8, 4) is 0 Å². The van der Waals surface area contributed by atoms with Gasteiger partial charge in [-0.05, 0) is 24.6 Å². The van der Waals surface area contributed by atoms with Crippen molar-refractivity contribution in [1.29, 1.82) is 0 Å². The van der Waals surface area contributed by atoms with E-state index in [1.807, 2.05) is 24.3 Å².